The van der Waals surface area contributed by atoms with Crippen LogP contribution in [0.3, 0.4) is 0 Å². The minimum absolute atomic E-state index is 0.291. The lowest BCUT2D eigenvalue weighted by Gasteiger charge is -2.10. The maximum Gasteiger partial charge on any atom is 0.166 e. The molecule has 0 saturated carbocycles. The molecule has 17 heavy (non-hydrogen) atoms. The van der Waals surface area contributed by atoms with Crippen molar-refractivity contribution in [1.82, 2.24) is 10.6 Å². The van der Waals surface area contributed by atoms with Crippen molar-refractivity contribution in [3.8, 4) is 0 Å². The quantitative estimate of drug-likeness (QED) is 0.577. The molecule has 1 aromatic rings. The molecule has 0 aliphatic carbocycles. The van der Waals surface area contributed by atoms with Crippen LogP contribution >= 0.6 is 12.2 Å². The molecule has 5 heteroatoms. The van der Waals surface area contributed by atoms with Gasteiger partial charge < -0.3 is 19.8 Å². The largest absolute Gasteiger partial charge is 0.467 e. The van der Waals surface area contributed by atoms with Gasteiger partial charge >= 0.3 is 0 Å². The van der Waals surface area contributed by atoms with E-state index in [1.807, 2.05) is 26.0 Å². The summed E-state index contributed by atoms with van der Waals surface area (Å²) < 4.78 is 10.6. The van der Waals surface area contributed by atoms with Gasteiger partial charge in [0, 0.05) is 13.2 Å². The van der Waals surface area contributed by atoms with Crippen LogP contribution in [0.25, 0.3) is 0 Å². The zero-order valence-electron chi connectivity index (χ0n) is 10.4. The van der Waals surface area contributed by atoms with Gasteiger partial charge in [-0.1, -0.05) is 0 Å². The van der Waals surface area contributed by atoms with E-state index in [-0.39, 0.29) is 0 Å². The Balaban J connectivity index is 1.98. The highest BCUT2D eigenvalue weighted by Crippen LogP contribution is 1.98. The molecule has 0 aliphatic rings. The summed E-state index contributed by atoms with van der Waals surface area (Å²) in [6, 6.07) is 3.77. The lowest BCUT2D eigenvalue weighted by molar-refractivity contribution is 0.0777. The molecule has 96 valence electrons. The number of ether oxygens (including phenoxy) is 1. The Labute approximate surface area is 108 Å². The second-order valence-electron chi connectivity index (χ2n) is 3.96. The van der Waals surface area contributed by atoms with E-state index >= 15 is 0 Å². The zero-order chi connectivity index (χ0) is 12.5. The van der Waals surface area contributed by atoms with Gasteiger partial charge in [-0.2, -0.15) is 0 Å². The van der Waals surface area contributed by atoms with Gasteiger partial charge in [0.25, 0.3) is 0 Å². The number of rotatable bonds is 7. The second kappa shape index (κ2) is 8.08. The van der Waals surface area contributed by atoms with Crippen molar-refractivity contribution >= 4 is 17.3 Å². The van der Waals surface area contributed by atoms with Gasteiger partial charge in [-0.25, -0.2) is 0 Å². The molecule has 0 aromatic carbocycles. The molecule has 0 unspecified atom stereocenters. The third kappa shape index (κ3) is 6.97. The van der Waals surface area contributed by atoms with E-state index in [4.69, 9.17) is 21.4 Å². The van der Waals surface area contributed by atoms with E-state index in [0.717, 1.165) is 25.3 Å². The number of hydrogen-bond acceptors (Lipinski definition) is 3. The number of furan rings is 1. The van der Waals surface area contributed by atoms with E-state index in [1.54, 1.807) is 6.26 Å². The molecule has 1 aromatic heterocycles. The fourth-order valence-corrected chi connectivity index (χ4v) is 1.41. The number of nitrogens with one attached hydrogen (secondary N) is 2. The fraction of sp³-hybridized carbons (Fsp3) is 0.583. The van der Waals surface area contributed by atoms with Gasteiger partial charge in [0.2, 0.25) is 0 Å². The molecule has 2 N–H and O–H groups in total. The highest BCUT2D eigenvalue weighted by molar-refractivity contribution is 7.80. The fourth-order valence-electron chi connectivity index (χ4n) is 1.24. The van der Waals surface area contributed by atoms with Crippen molar-refractivity contribution in [2.75, 3.05) is 13.2 Å². The van der Waals surface area contributed by atoms with Crippen molar-refractivity contribution in [1.29, 1.82) is 0 Å². The standard InChI is InChI=1S/C12H20N2O2S/c1-10(2)15-8-4-6-13-12(17)14-9-11-5-3-7-16-11/h3,5,7,10H,4,6,8-9H2,1-2H3,(H2,13,14,17). The SMILES string of the molecule is CC(C)OCCCNC(=S)NCc1ccco1. The van der Waals surface area contributed by atoms with E-state index in [1.165, 1.54) is 0 Å². The lowest BCUT2D eigenvalue weighted by atomic mass is 10.4. The number of hydrogen-bond donors (Lipinski definition) is 2. The maximum atomic E-state index is 5.42. The normalized spacial score (nSPS) is 10.5. The van der Waals surface area contributed by atoms with Gasteiger partial charge in [0.05, 0.1) is 18.9 Å². The highest BCUT2D eigenvalue weighted by atomic mass is 32.1. The molecule has 0 saturated heterocycles. The summed E-state index contributed by atoms with van der Waals surface area (Å²) in [5.74, 6) is 0.872. The summed E-state index contributed by atoms with van der Waals surface area (Å²) >= 11 is 5.12. The Hall–Kier alpha value is -1.07. The topological polar surface area (TPSA) is 46.4 Å². The van der Waals surface area contributed by atoms with Crippen LogP contribution in [0, 0.1) is 0 Å². The molecule has 1 heterocycles. The Morgan fingerprint density at radius 2 is 2.29 bits per heavy atom. The Kier molecular flexibility index (Phi) is 6.65. The Morgan fingerprint density at radius 1 is 1.47 bits per heavy atom. The molecule has 0 fully saturated rings. The van der Waals surface area contributed by atoms with Crippen LogP contribution in [0.15, 0.2) is 22.8 Å². The first-order valence-electron chi connectivity index (χ1n) is 5.84. The third-order valence-electron chi connectivity index (χ3n) is 2.06. The molecule has 0 atom stereocenters. The van der Waals surface area contributed by atoms with Crippen LogP contribution in [0.4, 0.5) is 0 Å². The predicted octanol–water partition coefficient (Wildman–Crippen LogP) is 2.06. The van der Waals surface area contributed by atoms with E-state index in [2.05, 4.69) is 10.6 Å². The van der Waals surface area contributed by atoms with E-state index in [9.17, 15) is 0 Å². The van der Waals surface area contributed by atoms with Gasteiger partial charge in [-0.05, 0) is 44.6 Å². The summed E-state index contributed by atoms with van der Waals surface area (Å²) in [6.45, 7) is 6.25. The van der Waals surface area contributed by atoms with Crippen LogP contribution in [0.1, 0.15) is 26.0 Å². The zero-order valence-corrected chi connectivity index (χ0v) is 11.2. The smallest absolute Gasteiger partial charge is 0.166 e. The minimum Gasteiger partial charge on any atom is -0.467 e. The van der Waals surface area contributed by atoms with E-state index < -0.39 is 0 Å². The molecule has 0 amide bonds. The van der Waals surface area contributed by atoms with Crippen molar-refractivity contribution < 1.29 is 9.15 Å². The first-order chi connectivity index (χ1) is 8.18. The number of thiocarbonyl (C=S) groups is 1. The highest BCUT2D eigenvalue weighted by Gasteiger charge is 1.98. The molecule has 4 nitrogen and oxygen atoms in total. The maximum absolute atomic E-state index is 5.42. The summed E-state index contributed by atoms with van der Waals surface area (Å²) in [4.78, 5) is 0. The molecular formula is C12H20N2O2S. The van der Waals surface area contributed by atoms with Crippen LogP contribution in [0.2, 0.25) is 0 Å². The van der Waals surface area contributed by atoms with Crippen molar-refractivity contribution in [2.24, 2.45) is 0 Å². The van der Waals surface area contributed by atoms with Crippen LogP contribution < -0.4 is 10.6 Å². The van der Waals surface area contributed by atoms with E-state index in [0.29, 0.717) is 17.8 Å². The predicted molar refractivity (Wildman–Crippen MR) is 71.9 cm³/mol. The minimum atomic E-state index is 0.291. The van der Waals surface area contributed by atoms with Gasteiger partial charge in [0.1, 0.15) is 5.76 Å². The monoisotopic (exact) mass is 256 g/mol. The average molecular weight is 256 g/mol. The summed E-state index contributed by atoms with van der Waals surface area (Å²) in [7, 11) is 0. The van der Waals surface area contributed by atoms with Crippen molar-refractivity contribution in [2.45, 2.75) is 32.9 Å². The third-order valence-corrected chi connectivity index (χ3v) is 2.35. The van der Waals surface area contributed by atoms with Crippen LogP contribution in [0.5, 0.6) is 0 Å². The van der Waals surface area contributed by atoms with Crippen LogP contribution in [-0.2, 0) is 11.3 Å². The summed E-state index contributed by atoms with van der Waals surface area (Å²) in [5.41, 5.74) is 0. The lowest BCUT2D eigenvalue weighted by Crippen LogP contribution is -2.35. The molecule has 0 spiro atoms. The molecule has 0 bridgehead atoms. The molecule has 0 radical (unpaired) electrons. The molecule has 1 rings (SSSR count). The summed E-state index contributed by atoms with van der Waals surface area (Å²) in [5, 5.41) is 6.83. The first-order valence-corrected chi connectivity index (χ1v) is 6.25. The first kappa shape index (κ1) is 14.0. The second-order valence-corrected chi connectivity index (χ2v) is 4.37. The Morgan fingerprint density at radius 3 is 2.94 bits per heavy atom. The van der Waals surface area contributed by atoms with Crippen molar-refractivity contribution in [3.05, 3.63) is 24.2 Å². The Bertz CT molecular complexity index is 312. The summed E-state index contributed by atoms with van der Waals surface area (Å²) in [6.07, 6.45) is 2.89. The van der Waals surface area contributed by atoms with Gasteiger partial charge in [0.15, 0.2) is 5.11 Å². The van der Waals surface area contributed by atoms with Crippen molar-refractivity contribution in [3.63, 3.8) is 0 Å². The molecule has 0 aliphatic heterocycles. The molecular weight excluding hydrogens is 236 g/mol. The van der Waals surface area contributed by atoms with Gasteiger partial charge in [-0.3, -0.25) is 0 Å². The van der Waals surface area contributed by atoms with Crippen LogP contribution in [-0.4, -0.2) is 24.4 Å². The van der Waals surface area contributed by atoms with Gasteiger partial charge in [-0.15, -0.1) is 0 Å². The average Bonchev–Trinajstić information content (AvgIpc) is 2.78.